The molecule has 1 atom stereocenters. The highest BCUT2D eigenvalue weighted by molar-refractivity contribution is 7.91. The second kappa shape index (κ2) is 9.47. The van der Waals surface area contributed by atoms with Gasteiger partial charge in [0.15, 0.2) is 0 Å². The van der Waals surface area contributed by atoms with Crippen LogP contribution in [0.1, 0.15) is 17.7 Å². The minimum Gasteiger partial charge on any atom is -0.336 e. The second-order valence-electron chi connectivity index (χ2n) is 7.32. The van der Waals surface area contributed by atoms with Crippen LogP contribution in [0.25, 0.3) is 0 Å². The summed E-state index contributed by atoms with van der Waals surface area (Å²) in [5.74, 6) is -1.06. The standard InChI is InChI=1S/C20H24ClN3O4S2/c1-14-8-9-19(29-14)30(27,28)24-10-4-5-15(12-24)20(26)23(2)13-18(25)22-17-7-3-6-16(21)11-17/h3,6-9,11,15H,4-5,10,12-13H2,1-2H3,(H,22,25). The van der Waals surface area contributed by atoms with Crippen molar-refractivity contribution in [3.05, 3.63) is 46.3 Å². The maximum Gasteiger partial charge on any atom is 0.252 e. The molecule has 10 heteroatoms. The highest BCUT2D eigenvalue weighted by atomic mass is 35.5. The molecule has 1 aromatic carbocycles. The topological polar surface area (TPSA) is 86.8 Å². The normalized spacial score (nSPS) is 17.5. The first-order valence-electron chi connectivity index (χ1n) is 9.54. The molecule has 7 nitrogen and oxygen atoms in total. The number of thiophene rings is 1. The van der Waals surface area contributed by atoms with E-state index in [2.05, 4.69) is 5.32 Å². The number of likely N-dealkylation sites (N-methyl/N-ethyl adjacent to an activating group) is 1. The number of carbonyl (C=O) groups is 2. The average Bonchev–Trinajstić information content (AvgIpc) is 3.14. The fraction of sp³-hybridized carbons (Fsp3) is 0.400. The Bertz CT molecular complexity index is 1040. The van der Waals surface area contributed by atoms with Crippen LogP contribution in [0, 0.1) is 12.8 Å². The van der Waals surface area contributed by atoms with Crippen molar-refractivity contribution < 1.29 is 18.0 Å². The number of nitrogens with one attached hydrogen (secondary N) is 1. The lowest BCUT2D eigenvalue weighted by Gasteiger charge is -2.32. The Kier molecular flexibility index (Phi) is 7.18. The van der Waals surface area contributed by atoms with Crippen molar-refractivity contribution in [3.63, 3.8) is 0 Å². The molecule has 3 rings (SSSR count). The Balaban J connectivity index is 1.60. The third-order valence-corrected chi connectivity index (χ3v) is 8.48. The summed E-state index contributed by atoms with van der Waals surface area (Å²) in [4.78, 5) is 27.4. The van der Waals surface area contributed by atoms with E-state index in [9.17, 15) is 18.0 Å². The highest BCUT2D eigenvalue weighted by Gasteiger charge is 2.35. The Morgan fingerprint density at radius 3 is 2.73 bits per heavy atom. The fourth-order valence-electron chi connectivity index (χ4n) is 3.41. The van der Waals surface area contributed by atoms with Crippen LogP contribution < -0.4 is 5.32 Å². The Morgan fingerprint density at radius 2 is 2.07 bits per heavy atom. The zero-order valence-corrected chi connectivity index (χ0v) is 19.2. The Hall–Kier alpha value is -1.94. The zero-order chi connectivity index (χ0) is 21.9. The van der Waals surface area contributed by atoms with Gasteiger partial charge in [-0.05, 0) is 50.1 Å². The van der Waals surface area contributed by atoms with Gasteiger partial charge in [-0.2, -0.15) is 4.31 Å². The molecule has 2 heterocycles. The molecule has 1 aliphatic heterocycles. The maximum absolute atomic E-state index is 12.9. The summed E-state index contributed by atoms with van der Waals surface area (Å²) in [6.07, 6.45) is 1.19. The molecule has 0 saturated carbocycles. The van der Waals surface area contributed by atoms with Gasteiger partial charge >= 0.3 is 0 Å². The van der Waals surface area contributed by atoms with Crippen molar-refractivity contribution in [3.8, 4) is 0 Å². The number of amides is 2. The number of aryl methyl sites for hydroxylation is 1. The summed E-state index contributed by atoms with van der Waals surface area (Å²) in [6, 6.07) is 10.1. The molecule has 1 saturated heterocycles. The molecule has 1 fully saturated rings. The molecule has 1 aliphatic rings. The van der Waals surface area contributed by atoms with Crippen LogP contribution >= 0.6 is 22.9 Å². The van der Waals surface area contributed by atoms with Gasteiger partial charge in [0, 0.05) is 35.7 Å². The first kappa shape index (κ1) is 22.7. The van der Waals surface area contributed by atoms with Crippen molar-refractivity contribution in [2.75, 3.05) is 32.0 Å². The SMILES string of the molecule is Cc1ccc(S(=O)(=O)N2CCCC(C(=O)N(C)CC(=O)Nc3cccc(Cl)c3)C2)s1. The maximum atomic E-state index is 12.9. The van der Waals surface area contributed by atoms with Crippen molar-refractivity contribution in [1.29, 1.82) is 0 Å². The molecule has 0 bridgehead atoms. The highest BCUT2D eigenvalue weighted by Crippen LogP contribution is 2.28. The van der Waals surface area contributed by atoms with Crippen LogP contribution in [0.4, 0.5) is 5.69 Å². The lowest BCUT2D eigenvalue weighted by Crippen LogP contribution is -2.47. The number of carbonyl (C=O) groups excluding carboxylic acids is 2. The van der Waals surface area contributed by atoms with Crippen molar-refractivity contribution in [2.24, 2.45) is 5.92 Å². The number of hydrogen-bond donors (Lipinski definition) is 1. The number of halogens is 1. The molecule has 1 aromatic heterocycles. The summed E-state index contributed by atoms with van der Waals surface area (Å²) >= 11 is 7.14. The minimum atomic E-state index is -3.61. The summed E-state index contributed by atoms with van der Waals surface area (Å²) in [6.45, 7) is 2.24. The molecule has 2 amide bonds. The third-order valence-electron chi connectivity index (χ3n) is 4.91. The van der Waals surface area contributed by atoms with E-state index in [4.69, 9.17) is 11.6 Å². The number of hydrogen-bond acceptors (Lipinski definition) is 5. The van der Waals surface area contributed by atoms with E-state index >= 15 is 0 Å². The number of rotatable bonds is 6. The molecule has 1 unspecified atom stereocenters. The number of anilines is 1. The molecule has 0 spiro atoms. The zero-order valence-electron chi connectivity index (χ0n) is 16.8. The largest absolute Gasteiger partial charge is 0.336 e. The Labute approximate surface area is 185 Å². The molecule has 2 aromatic rings. The van der Waals surface area contributed by atoms with Crippen LogP contribution in [-0.2, 0) is 19.6 Å². The molecular weight excluding hydrogens is 446 g/mol. The first-order chi connectivity index (χ1) is 14.2. The summed E-state index contributed by atoms with van der Waals surface area (Å²) in [5, 5.41) is 3.21. The molecule has 162 valence electrons. The van der Waals surface area contributed by atoms with E-state index in [0.29, 0.717) is 34.3 Å². The van der Waals surface area contributed by atoms with Crippen molar-refractivity contribution in [1.82, 2.24) is 9.21 Å². The molecule has 1 N–H and O–H groups in total. The predicted octanol–water partition coefficient (Wildman–Crippen LogP) is 3.21. The van der Waals surface area contributed by atoms with Crippen molar-refractivity contribution in [2.45, 2.75) is 24.0 Å². The lowest BCUT2D eigenvalue weighted by molar-refractivity contribution is -0.138. The van der Waals surface area contributed by atoms with E-state index in [1.807, 2.05) is 6.92 Å². The van der Waals surface area contributed by atoms with Gasteiger partial charge in [-0.3, -0.25) is 9.59 Å². The van der Waals surface area contributed by atoms with Gasteiger partial charge in [-0.1, -0.05) is 17.7 Å². The third kappa shape index (κ3) is 5.40. The predicted molar refractivity (Wildman–Crippen MR) is 118 cm³/mol. The molecule has 0 aliphatic carbocycles. The van der Waals surface area contributed by atoms with Crippen LogP contribution in [0.15, 0.2) is 40.6 Å². The van der Waals surface area contributed by atoms with E-state index in [1.54, 1.807) is 43.4 Å². The van der Waals surface area contributed by atoms with Crippen molar-refractivity contribution >= 4 is 50.5 Å². The van der Waals surface area contributed by atoms with Gasteiger partial charge in [0.1, 0.15) is 4.21 Å². The number of nitrogens with zero attached hydrogens (tertiary/aromatic N) is 2. The van der Waals surface area contributed by atoms with Crippen LogP contribution in [-0.4, -0.2) is 56.1 Å². The number of piperidine rings is 1. The minimum absolute atomic E-state index is 0.123. The van der Waals surface area contributed by atoms with Gasteiger partial charge in [0.05, 0.1) is 12.5 Å². The lowest BCUT2D eigenvalue weighted by atomic mass is 9.98. The quantitative estimate of drug-likeness (QED) is 0.703. The summed E-state index contributed by atoms with van der Waals surface area (Å²) in [5.41, 5.74) is 0.550. The smallest absolute Gasteiger partial charge is 0.252 e. The van der Waals surface area contributed by atoms with Gasteiger partial charge in [-0.15, -0.1) is 11.3 Å². The number of benzene rings is 1. The van der Waals surface area contributed by atoms with E-state index in [0.717, 1.165) is 4.88 Å². The first-order valence-corrected chi connectivity index (χ1v) is 12.2. The van der Waals surface area contributed by atoms with Crippen LogP contribution in [0.5, 0.6) is 0 Å². The Morgan fingerprint density at radius 1 is 1.30 bits per heavy atom. The van der Waals surface area contributed by atoms with E-state index in [-0.39, 0.29) is 24.9 Å². The number of sulfonamides is 1. The summed E-state index contributed by atoms with van der Waals surface area (Å²) in [7, 11) is -2.06. The summed E-state index contributed by atoms with van der Waals surface area (Å²) < 4.78 is 27.4. The van der Waals surface area contributed by atoms with Gasteiger partial charge in [-0.25, -0.2) is 8.42 Å². The molecule has 0 radical (unpaired) electrons. The van der Waals surface area contributed by atoms with Gasteiger partial charge in [0.2, 0.25) is 11.8 Å². The second-order valence-corrected chi connectivity index (χ2v) is 11.2. The van der Waals surface area contributed by atoms with Gasteiger partial charge in [0.25, 0.3) is 10.0 Å². The van der Waals surface area contributed by atoms with Crippen LogP contribution in [0.3, 0.4) is 0 Å². The van der Waals surface area contributed by atoms with Crippen LogP contribution in [0.2, 0.25) is 5.02 Å². The fourth-order valence-corrected chi connectivity index (χ4v) is 6.56. The van der Waals surface area contributed by atoms with E-state index < -0.39 is 15.9 Å². The molecule has 30 heavy (non-hydrogen) atoms. The van der Waals surface area contributed by atoms with Gasteiger partial charge < -0.3 is 10.2 Å². The molecular formula is C20H24ClN3O4S2. The van der Waals surface area contributed by atoms with E-state index in [1.165, 1.54) is 20.5 Å². The average molecular weight is 470 g/mol. The monoisotopic (exact) mass is 469 g/mol.